The average Bonchev–Trinajstić information content (AvgIpc) is 2.96. The van der Waals surface area contributed by atoms with E-state index in [1.54, 1.807) is 0 Å². The largest absolute Gasteiger partial charge is 0.494 e. The molecule has 1 aromatic rings. The highest BCUT2D eigenvalue weighted by molar-refractivity contribution is 5.79. The van der Waals surface area contributed by atoms with Gasteiger partial charge in [0.05, 0.1) is 6.61 Å². The van der Waals surface area contributed by atoms with Gasteiger partial charge in [0.15, 0.2) is 0 Å². The van der Waals surface area contributed by atoms with Crippen molar-refractivity contribution in [2.75, 3.05) is 13.2 Å². The number of benzene rings is 1. The molecule has 1 rings (SSSR count). The summed E-state index contributed by atoms with van der Waals surface area (Å²) in [7, 11) is 0. The molecule has 0 aliphatic rings. The number of unbranched alkanes of at least 4 members (excludes halogenated alkanes) is 24. The van der Waals surface area contributed by atoms with Crippen LogP contribution in [-0.4, -0.2) is 19.4 Å². The van der Waals surface area contributed by atoms with Gasteiger partial charge < -0.3 is 4.74 Å². The molecule has 0 spiro atoms. The monoisotopic (exact) mass is 542 g/mol. The maximum atomic E-state index is 5.94. The van der Waals surface area contributed by atoms with Gasteiger partial charge in [-0.05, 0) is 42.7 Å². The summed E-state index contributed by atoms with van der Waals surface area (Å²) >= 11 is 0. The van der Waals surface area contributed by atoms with E-state index in [1.807, 2.05) is 6.21 Å². The third kappa shape index (κ3) is 25.4. The van der Waals surface area contributed by atoms with Crippen LogP contribution in [-0.2, 0) is 0 Å². The molecule has 0 saturated carbocycles. The van der Waals surface area contributed by atoms with Crippen molar-refractivity contribution in [1.29, 1.82) is 0 Å². The Morgan fingerprint density at radius 2 is 0.821 bits per heavy atom. The first-order chi connectivity index (χ1) is 19.4. The number of nitrogens with zero attached hydrogens (tertiary/aromatic N) is 1. The summed E-state index contributed by atoms with van der Waals surface area (Å²) in [4.78, 5) is 4.64. The lowest BCUT2D eigenvalue weighted by Gasteiger charge is -2.06. The summed E-state index contributed by atoms with van der Waals surface area (Å²) in [6.45, 7) is 6.38. The van der Waals surface area contributed by atoms with Gasteiger partial charge in [0.1, 0.15) is 5.75 Å². The van der Waals surface area contributed by atoms with E-state index in [-0.39, 0.29) is 0 Å². The van der Waals surface area contributed by atoms with E-state index in [0.717, 1.165) is 18.9 Å². The second kappa shape index (κ2) is 29.7. The molecule has 2 nitrogen and oxygen atoms in total. The van der Waals surface area contributed by atoms with Crippen molar-refractivity contribution in [2.24, 2.45) is 4.99 Å². The molecule has 2 heteroatoms. The van der Waals surface area contributed by atoms with Crippen LogP contribution in [0, 0.1) is 0 Å². The molecular weight excluding hydrogens is 474 g/mol. The number of hydrogen-bond donors (Lipinski definition) is 0. The van der Waals surface area contributed by atoms with Crippen molar-refractivity contribution in [3.8, 4) is 5.75 Å². The van der Waals surface area contributed by atoms with Crippen LogP contribution in [0.2, 0.25) is 0 Å². The zero-order valence-electron chi connectivity index (χ0n) is 26.5. The molecule has 0 atom stereocenters. The van der Waals surface area contributed by atoms with E-state index in [0.29, 0.717) is 0 Å². The van der Waals surface area contributed by atoms with Gasteiger partial charge in [0, 0.05) is 12.8 Å². The predicted octanol–water partition coefficient (Wildman–Crippen LogP) is 12.7. The molecule has 0 heterocycles. The predicted molar refractivity (Wildman–Crippen MR) is 176 cm³/mol. The quantitative estimate of drug-likeness (QED) is 0.0701. The normalized spacial score (nSPS) is 11.5. The Hall–Kier alpha value is -1.31. The highest BCUT2D eigenvalue weighted by atomic mass is 16.5. The maximum Gasteiger partial charge on any atom is 0.119 e. The smallest absolute Gasteiger partial charge is 0.119 e. The Bertz CT molecular complexity index is 623. The topological polar surface area (TPSA) is 21.6 Å². The van der Waals surface area contributed by atoms with E-state index >= 15 is 0 Å². The van der Waals surface area contributed by atoms with Crippen LogP contribution in [0.4, 0.5) is 0 Å². The molecule has 0 N–H and O–H groups in total. The standard InChI is InChI=1S/C37H67NO/c1-3-5-7-9-11-13-15-17-18-19-21-23-25-27-33-38-35-36-29-31-37(32-30-36)39-34-28-26-24-22-20-16-14-12-10-8-6-4-2/h29-32,35H,3-28,33-34H2,1-2H3. The number of ether oxygens (including phenoxy) is 1. The van der Waals surface area contributed by atoms with Crippen molar-refractivity contribution in [2.45, 2.75) is 181 Å². The van der Waals surface area contributed by atoms with Crippen LogP contribution in [0.15, 0.2) is 29.3 Å². The first-order valence-electron chi connectivity index (χ1n) is 17.6. The fourth-order valence-corrected chi connectivity index (χ4v) is 5.35. The lowest BCUT2D eigenvalue weighted by molar-refractivity contribution is 0.304. The molecule has 0 radical (unpaired) electrons. The van der Waals surface area contributed by atoms with Gasteiger partial charge in [-0.1, -0.05) is 168 Å². The van der Waals surface area contributed by atoms with Gasteiger partial charge in [-0.2, -0.15) is 0 Å². The van der Waals surface area contributed by atoms with Crippen LogP contribution in [0.3, 0.4) is 0 Å². The minimum atomic E-state index is 0.837. The lowest BCUT2D eigenvalue weighted by Crippen LogP contribution is -1.97. The highest BCUT2D eigenvalue weighted by Crippen LogP contribution is 2.15. The number of hydrogen-bond acceptors (Lipinski definition) is 2. The van der Waals surface area contributed by atoms with Gasteiger partial charge in [-0.25, -0.2) is 0 Å². The Kier molecular flexibility index (Phi) is 27.2. The van der Waals surface area contributed by atoms with E-state index in [2.05, 4.69) is 43.1 Å². The summed E-state index contributed by atoms with van der Waals surface area (Å²) in [6.07, 6.45) is 38.3. The third-order valence-corrected chi connectivity index (χ3v) is 8.03. The van der Waals surface area contributed by atoms with Crippen molar-refractivity contribution in [3.63, 3.8) is 0 Å². The van der Waals surface area contributed by atoms with Gasteiger partial charge in [0.25, 0.3) is 0 Å². The summed E-state index contributed by atoms with van der Waals surface area (Å²) < 4.78 is 5.94. The zero-order chi connectivity index (χ0) is 27.9. The Morgan fingerprint density at radius 1 is 0.462 bits per heavy atom. The summed E-state index contributed by atoms with van der Waals surface area (Å²) in [6, 6.07) is 8.45. The first kappa shape index (κ1) is 35.7. The zero-order valence-corrected chi connectivity index (χ0v) is 26.5. The maximum absolute atomic E-state index is 5.94. The summed E-state index contributed by atoms with van der Waals surface area (Å²) in [5.41, 5.74) is 1.18. The molecule has 0 bridgehead atoms. The molecule has 0 aromatic heterocycles. The van der Waals surface area contributed by atoms with Crippen LogP contribution < -0.4 is 4.74 Å². The molecule has 39 heavy (non-hydrogen) atoms. The number of aliphatic imine (C=N–C) groups is 1. The second-order valence-electron chi connectivity index (χ2n) is 11.9. The van der Waals surface area contributed by atoms with E-state index in [1.165, 1.54) is 173 Å². The van der Waals surface area contributed by atoms with Gasteiger partial charge in [0.2, 0.25) is 0 Å². The summed E-state index contributed by atoms with van der Waals surface area (Å²) in [5.74, 6) is 0.988. The summed E-state index contributed by atoms with van der Waals surface area (Å²) in [5, 5.41) is 0. The molecule has 0 aliphatic heterocycles. The Labute approximate surface area is 245 Å². The van der Waals surface area contributed by atoms with Gasteiger partial charge in [-0.3, -0.25) is 4.99 Å². The molecule has 0 saturated heterocycles. The fraction of sp³-hybridized carbons (Fsp3) is 0.811. The van der Waals surface area contributed by atoms with Crippen LogP contribution >= 0.6 is 0 Å². The Morgan fingerprint density at radius 3 is 1.23 bits per heavy atom. The minimum absolute atomic E-state index is 0.837. The van der Waals surface area contributed by atoms with Crippen LogP contribution in [0.25, 0.3) is 0 Å². The van der Waals surface area contributed by atoms with E-state index in [9.17, 15) is 0 Å². The highest BCUT2D eigenvalue weighted by Gasteiger charge is 1.97. The molecule has 1 aromatic carbocycles. The van der Waals surface area contributed by atoms with Crippen molar-refractivity contribution < 1.29 is 4.74 Å². The van der Waals surface area contributed by atoms with Crippen molar-refractivity contribution >= 4 is 6.21 Å². The lowest BCUT2D eigenvalue weighted by atomic mass is 10.0. The van der Waals surface area contributed by atoms with Crippen molar-refractivity contribution in [1.82, 2.24) is 0 Å². The van der Waals surface area contributed by atoms with E-state index in [4.69, 9.17) is 4.74 Å². The molecule has 0 fully saturated rings. The SMILES string of the molecule is CCCCCCCCCCCCCCCCN=Cc1ccc(OCCCCCCCCCCCCCC)cc1. The van der Waals surface area contributed by atoms with E-state index < -0.39 is 0 Å². The first-order valence-corrected chi connectivity index (χ1v) is 17.6. The second-order valence-corrected chi connectivity index (χ2v) is 11.9. The van der Waals surface area contributed by atoms with Gasteiger partial charge >= 0.3 is 0 Å². The third-order valence-electron chi connectivity index (χ3n) is 8.03. The van der Waals surface area contributed by atoms with Crippen LogP contribution in [0.5, 0.6) is 5.75 Å². The van der Waals surface area contributed by atoms with Crippen molar-refractivity contribution in [3.05, 3.63) is 29.8 Å². The molecule has 0 aliphatic carbocycles. The Balaban J connectivity index is 1.87. The minimum Gasteiger partial charge on any atom is -0.494 e. The van der Waals surface area contributed by atoms with Gasteiger partial charge in [-0.15, -0.1) is 0 Å². The number of rotatable bonds is 30. The fourth-order valence-electron chi connectivity index (χ4n) is 5.35. The average molecular weight is 542 g/mol. The molecule has 226 valence electrons. The molecule has 0 amide bonds. The molecule has 0 unspecified atom stereocenters. The molecular formula is C37H67NO. The van der Waals surface area contributed by atoms with Crippen LogP contribution in [0.1, 0.15) is 186 Å².